The van der Waals surface area contributed by atoms with Gasteiger partial charge in [0.15, 0.2) is 0 Å². The molecule has 0 aromatic heterocycles. The van der Waals surface area contributed by atoms with Crippen molar-refractivity contribution in [1.29, 1.82) is 0 Å². The Kier molecular flexibility index (Phi) is 4.27. The fraction of sp³-hybridized carbons (Fsp3) is 0.364. The first kappa shape index (κ1) is 16.8. The van der Waals surface area contributed by atoms with Gasteiger partial charge in [0.2, 0.25) is 5.91 Å². The SMILES string of the molecule is CC(C)CC(C(=O)N1CCc2ccccc21)N1Cc2ccccc2C1=O. The summed E-state index contributed by atoms with van der Waals surface area (Å²) in [7, 11) is 0. The molecule has 1 unspecified atom stereocenters. The molecule has 0 radical (unpaired) electrons. The highest BCUT2D eigenvalue weighted by Gasteiger charge is 2.39. The van der Waals surface area contributed by atoms with E-state index in [-0.39, 0.29) is 11.8 Å². The average Bonchev–Trinajstić information content (AvgIpc) is 3.21. The van der Waals surface area contributed by atoms with E-state index < -0.39 is 6.04 Å². The van der Waals surface area contributed by atoms with Crippen LogP contribution in [-0.4, -0.2) is 29.3 Å². The van der Waals surface area contributed by atoms with Crippen LogP contribution in [0.3, 0.4) is 0 Å². The highest BCUT2D eigenvalue weighted by molar-refractivity contribution is 6.05. The standard InChI is InChI=1S/C22H24N2O2/c1-15(2)13-20(24-14-17-8-3-5-9-18(17)21(24)25)22(26)23-12-11-16-7-4-6-10-19(16)23/h3-10,15,20H,11-14H2,1-2H3. The maximum Gasteiger partial charge on any atom is 0.255 e. The van der Waals surface area contributed by atoms with Crippen molar-refractivity contribution in [3.05, 3.63) is 65.2 Å². The summed E-state index contributed by atoms with van der Waals surface area (Å²) in [5.74, 6) is 0.357. The Balaban J connectivity index is 1.64. The molecular weight excluding hydrogens is 324 g/mol. The largest absolute Gasteiger partial charge is 0.322 e. The van der Waals surface area contributed by atoms with E-state index in [1.807, 2.05) is 47.4 Å². The van der Waals surface area contributed by atoms with Crippen LogP contribution in [0.25, 0.3) is 0 Å². The Labute approximate surface area is 154 Å². The van der Waals surface area contributed by atoms with Gasteiger partial charge in [-0.3, -0.25) is 9.59 Å². The van der Waals surface area contributed by atoms with Crippen LogP contribution in [0.2, 0.25) is 0 Å². The highest BCUT2D eigenvalue weighted by atomic mass is 16.2. The van der Waals surface area contributed by atoms with E-state index in [0.717, 1.165) is 23.2 Å². The lowest BCUT2D eigenvalue weighted by atomic mass is 10.0. The van der Waals surface area contributed by atoms with E-state index >= 15 is 0 Å². The summed E-state index contributed by atoms with van der Waals surface area (Å²) in [5.41, 5.74) is 3.95. The molecule has 0 saturated heterocycles. The molecule has 2 amide bonds. The topological polar surface area (TPSA) is 40.6 Å². The van der Waals surface area contributed by atoms with E-state index in [9.17, 15) is 9.59 Å². The first-order valence-electron chi connectivity index (χ1n) is 9.34. The van der Waals surface area contributed by atoms with E-state index in [1.165, 1.54) is 5.56 Å². The Morgan fingerprint density at radius 1 is 1.04 bits per heavy atom. The van der Waals surface area contributed by atoms with Gasteiger partial charge in [-0.1, -0.05) is 50.2 Å². The lowest BCUT2D eigenvalue weighted by Gasteiger charge is -2.32. The van der Waals surface area contributed by atoms with E-state index in [1.54, 1.807) is 4.90 Å². The third kappa shape index (κ3) is 2.79. The van der Waals surface area contributed by atoms with E-state index in [4.69, 9.17) is 0 Å². The highest BCUT2D eigenvalue weighted by Crippen LogP contribution is 2.32. The van der Waals surface area contributed by atoms with Crippen molar-refractivity contribution in [2.24, 2.45) is 5.92 Å². The molecule has 0 spiro atoms. The second kappa shape index (κ2) is 6.60. The number of benzene rings is 2. The van der Waals surface area contributed by atoms with Crippen molar-refractivity contribution in [3.63, 3.8) is 0 Å². The van der Waals surface area contributed by atoms with Gasteiger partial charge < -0.3 is 9.80 Å². The molecule has 2 heterocycles. The number of carbonyl (C=O) groups is 2. The Hall–Kier alpha value is -2.62. The molecule has 2 aromatic carbocycles. The quantitative estimate of drug-likeness (QED) is 0.846. The first-order chi connectivity index (χ1) is 12.6. The molecule has 4 rings (SSSR count). The normalized spacial score (nSPS) is 16.8. The van der Waals surface area contributed by atoms with Gasteiger partial charge in [0, 0.05) is 24.3 Å². The summed E-state index contributed by atoms with van der Waals surface area (Å²) in [6.07, 6.45) is 1.56. The number of hydrogen-bond acceptors (Lipinski definition) is 2. The van der Waals surface area contributed by atoms with Gasteiger partial charge in [-0.15, -0.1) is 0 Å². The molecule has 0 saturated carbocycles. The smallest absolute Gasteiger partial charge is 0.255 e. The summed E-state index contributed by atoms with van der Waals surface area (Å²) >= 11 is 0. The van der Waals surface area contributed by atoms with Crippen LogP contribution in [0.4, 0.5) is 5.69 Å². The molecule has 0 bridgehead atoms. The second-order valence-electron chi connectivity index (χ2n) is 7.60. The number of amides is 2. The molecule has 26 heavy (non-hydrogen) atoms. The van der Waals surface area contributed by atoms with Gasteiger partial charge in [0.1, 0.15) is 6.04 Å². The van der Waals surface area contributed by atoms with Crippen molar-refractivity contribution in [2.45, 2.75) is 39.3 Å². The summed E-state index contributed by atoms with van der Waals surface area (Å²) in [6, 6.07) is 15.3. The van der Waals surface area contributed by atoms with Gasteiger partial charge >= 0.3 is 0 Å². The van der Waals surface area contributed by atoms with Gasteiger partial charge in [-0.25, -0.2) is 0 Å². The number of nitrogens with zero attached hydrogens (tertiary/aromatic N) is 2. The number of anilines is 1. The van der Waals surface area contributed by atoms with Crippen LogP contribution >= 0.6 is 0 Å². The third-order valence-corrected chi connectivity index (χ3v) is 5.36. The van der Waals surface area contributed by atoms with Gasteiger partial charge in [0.05, 0.1) is 0 Å². The molecule has 4 nitrogen and oxygen atoms in total. The minimum Gasteiger partial charge on any atom is -0.322 e. The summed E-state index contributed by atoms with van der Waals surface area (Å²) in [4.78, 5) is 30.0. The van der Waals surface area contributed by atoms with Crippen LogP contribution in [0, 0.1) is 5.92 Å². The summed E-state index contributed by atoms with van der Waals surface area (Å²) < 4.78 is 0. The number of fused-ring (bicyclic) bond motifs is 2. The zero-order valence-electron chi connectivity index (χ0n) is 15.3. The molecular formula is C22H24N2O2. The van der Waals surface area contributed by atoms with Gasteiger partial charge in [-0.2, -0.15) is 0 Å². The maximum atomic E-state index is 13.5. The monoisotopic (exact) mass is 348 g/mol. The number of carbonyl (C=O) groups excluding carboxylic acids is 2. The van der Waals surface area contributed by atoms with Gasteiger partial charge in [0.25, 0.3) is 5.91 Å². The first-order valence-corrected chi connectivity index (χ1v) is 9.34. The molecule has 1 atom stereocenters. The summed E-state index contributed by atoms with van der Waals surface area (Å²) in [6.45, 7) is 5.42. The average molecular weight is 348 g/mol. The van der Waals surface area contributed by atoms with Crippen LogP contribution in [-0.2, 0) is 17.8 Å². The van der Waals surface area contributed by atoms with Crippen molar-refractivity contribution >= 4 is 17.5 Å². The van der Waals surface area contributed by atoms with Crippen molar-refractivity contribution in [3.8, 4) is 0 Å². The minimum atomic E-state index is -0.416. The Morgan fingerprint density at radius 3 is 2.46 bits per heavy atom. The van der Waals surface area contributed by atoms with Crippen LogP contribution in [0.5, 0.6) is 0 Å². The lowest BCUT2D eigenvalue weighted by Crippen LogP contribution is -2.49. The Bertz CT molecular complexity index is 859. The van der Waals surface area contributed by atoms with Crippen molar-refractivity contribution in [2.75, 3.05) is 11.4 Å². The molecule has 2 aliphatic heterocycles. The maximum absolute atomic E-state index is 13.5. The molecule has 2 aromatic rings. The zero-order chi connectivity index (χ0) is 18.3. The molecule has 0 fully saturated rings. The number of rotatable bonds is 4. The fourth-order valence-electron chi connectivity index (χ4n) is 4.08. The molecule has 2 aliphatic rings. The fourth-order valence-corrected chi connectivity index (χ4v) is 4.08. The molecule has 0 aliphatic carbocycles. The summed E-state index contributed by atoms with van der Waals surface area (Å²) in [5, 5.41) is 0. The zero-order valence-corrected chi connectivity index (χ0v) is 15.3. The van der Waals surface area contributed by atoms with Crippen LogP contribution < -0.4 is 4.90 Å². The molecule has 4 heteroatoms. The second-order valence-corrected chi connectivity index (χ2v) is 7.60. The number of hydrogen-bond donors (Lipinski definition) is 0. The predicted octanol–water partition coefficient (Wildman–Crippen LogP) is 3.65. The molecule has 134 valence electrons. The third-order valence-electron chi connectivity index (χ3n) is 5.36. The predicted molar refractivity (Wildman–Crippen MR) is 102 cm³/mol. The van der Waals surface area contributed by atoms with E-state index in [0.29, 0.717) is 25.4 Å². The van der Waals surface area contributed by atoms with Crippen LogP contribution in [0.1, 0.15) is 41.8 Å². The van der Waals surface area contributed by atoms with E-state index in [2.05, 4.69) is 19.9 Å². The molecule has 0 N–H and O–H groups in total. The minimum absolute atomic E-state index is 0.0212. The van der Waals surface area contributed by atoms with Gasteiger partial charge in [-0.05, 0) is 42.0 Å². The Morgan fingerprint density at radius 2 is 1.73 bits per heavy atom. The number of para-hydroxylation sites is 1. The lowest BCUT2D eigenvalue weighted by molar-refractivity contribution is -0.123. The van der Waals surface area contributed by atoms with Crippen molar-refractivity contribution < 1.29 is 9.59 Å². The van der Waals surface area contributed by atoms with Crippen molar-refractivity contribution in [1.82, 2.24) is 4.90 Å². The van der Waals surface area contributed by atoms with Crippen LogP contribution in [0.15, 0.2) is 48.5 Å².